The van der Waals surface area contributed by atoms with Gasteiger partial charge in [0.05, 0.1) is 11.8 Å². The van der Waals surface area contributed by atoms with E-state index < -0.39 is 6.10 Å². The van der Waals surface area contributed by atoms with Crippen LogP contribution in [0.5, 0.6) is 0 Å². The summed E-state index contributed by atoms with van der Waals surface area (Å²) in [7, 11) is 0. The molecule has 5 nitrogen and oxygen atoms in total. The molecule has 2 rings (SSSR count). The highest BCUT2D eigenvalue weighted by Gasteiger charge is 2.18. The molecule has 0 aliphatic carbocycles. The monoisotopic (exact) mass is 301 g/mol. The van der Waals surface area contributed by atoms with Crippen molar-refractivity contribution in [1.29, 1.82) is 0 Å². The Labute approximate surface area is 131 Å². The maximum Gasteiger partial charge on any atom is 0.269 e. The van der Waals surface area contributed by atoms with E-state index in [1.54, 1.807) is 10.7 Å². The lowest BCUT2D eigenvalue weighted by molar-refractivity contribution is 0.0906. The lowest BCUT2D eigenvalue weighted by Gasteiger charge is -2.18. The highest BCUT2D eigenvalue weighted by molar-refractivity contribution is 5.92. The molecular formula is C17H23N3O2. The van der Waals surface area contributed by atoms with Crippen LogP contribution in [0, 0.1) is 6.92 Å². The number of nitrogens with zero attached hydrogens (tertiary/aromatic N) is 2. The predicted octanol–water partition coefficient (Wildman–Crippen LogP) is 2.45. The molecule has 0 aliphatic heterocycles. The molecule has 1 heterocycles. The first kappa shape index (κ1) is 16.2. The summed E-state index contributed by atoms with van der Waals surface area (Å²) < 4.78 is 1.69. The lowest BCUT2D eigenvalue weighted by Crippen LogP contribution is -2.35. The number of benzene rings is 1. The fourth-order valence-electron chi connectivity index (χ4n) is 2.47. The van der Waals surface area contributed by atoms with Gasteiger partial charge in [-0.2, -0.15) is 5.10 Å². The van der Waals surface area contributed by atoms with Crippen LogP contribution in [0.4, 0.5) is 0 Å². The van der Waals surface area contributed by atoms with Gasteiger partial charge in [-0.3, -0.25) is 9.48 Å². The molecule has 1 amide bonds. The first-order valence-electron chi connectivity index (χ1n) is 7.59. The first-order chi connectivity index (χ1) is 10.5. The zero-order valence-corrected chi connectivity index (χ0v) is 13.3. The van der Waals surface area contributed by atoms with Gasteiger partial charge < -0.3 is 10.4 Å². The van der Waals surface area contributed by atoms with Gasteiger partial charge in [-0.25, -0.2) is 0 Å². The Hall–Kier alpha value is -2.14. The van der Waals surface area contributed by atoms with Crippen LogP contribution >= 0.6 is 0 Å². The smallest absolute Gasteiger partial charge is 0.269 e. The maximum atomic E-state index is 12.3. The zero-order chi connectivity index (χ0) is 16.1. The summed E-state index contributed by atoms with van der Waals surface area (Å²) >= 11 is 0. The van der Waals surface area contributed by atoms with E-state index in [0.29, 0.717) is 18.7 Å². The summed E-state index contributed by atoms with van der Waals surface area (Å²) in [5.74, 6) is -0.157. The molecule has 2 atom stereocenters. The van der Waals surface area contributed by atoms with Gasteiger partial charge in [0.15, 0.2) is 0 Å². The Kier molecular flexibility index (Phi) is 5.33. The highest BCUT2D eigenvalue weighted by Crippen LogP contribution is 2.18. The molecule has 0 spiro atoms. The number of aliphatic hydroxyl groups excluding tert-OH is 1. The normalized spacial score (nSPS) is 13.6. The third kappa shape index (κ3) is 3.95. The molecule has 0 aliphatic rings. The molecule has 22 heavy (non-hydrogen) atoms. The molecule has 2 N–H and O–H groups in total. The van der Waals surface area contributed by atoms with Gasteiger partial charge in [0, 0.05) is 12.6 Å². The Balaban J connectivity index is 1.96. The number of hydrogen-bond acceptors (Lipinski definition) is 3. The molecule has 118 valence electrons. The predicted molar refractivity (Wildman–Crippen MR) is 85.6 cm³/mol. The highest BCUT2D eigenvalue weighted by atomic mass is 16.3. The lowest BCUT2D eigenvalue weighted by atomic mass is 10.0. The Morgan fingerprint density at radius 3 is 2.68 bits per heavy atom. The van der Waals surface area contributed by atoms with Crippen LogP contribution in [-0.2, 0) is 6.54 Å². The van der Waals surface area contributed by atoms with Crippen molar-refractivity contribution >= 4 is 5.91 Å². The fraction of sp³-hybridized carbons (Fsp3) is 0.412. The zero-order valence-electron chi connectivity index (χ0n) is 13.3. The van der Waals surface area contributed by atoms with Gasteiger partial charge in [0.2, 0.25) is 0 Å². The average molecular weight is 301 g/mol. The third-order valence-electron chi connectivity index (χ3n) is 3.57. The average Bonchev–Trinajstić information content (AvgIpc) is 2.89. The molecule has 1 aromatic heterocycles. The van der Waals surface area contributed by atoms with E-state index in [4.69, 9.17) is 0 Å². The molecule has 0 fully saturated rings. The summed E-state index contributed by atoms with van der Waals surface area (Å²) in [5, 5.41) is 17.4. The van der Waals surface area contributed by atoms with Gasteiger partial charge in [-0.05, 0) is 38.8 Å². The number of aryl methyl sites for hydroxylation is 2. The molecule has 0 bridgehead atoms. The third-order valence-corrected chi connectivity index (χ3v) is 3.57. The minimum atomic E-state index is -0.589. The van der Waals surface area contributed by atoms with E-state index in [9.17, 15) is 9.90 Å². The van der Waals surface area contributed by atoms with Crippen molar-refractivity contribution in [2.45, 2.75) is 45.9 Å². The summed E-state index contributed by atoms with van der Waals surface area (Å²) in [4.78, 5) is 12.3. The number of carbonyl (C=O) groups excluding carboxylic acids is 1. The summed E-state index contributed by atoms with van der Waals surface area (Å²) in [6.45, 7) is 6.36. The van der Waals surface area contributed by atoms with Gasteiger partial charge >= 0.3 is 0 Å². The largest absolute Gasteiger partial charge is 0.388 e. The van der Waals surface area contributed by atoms with Gasteiger partial charge in [-0.15, -0.1) is 0 Å². The minimum Gasteiger partial charge on any atom is -0.388 e. The Morgan fingerprint density at radius 1 is 1.36 bits per heavy atom. The number of nitrogens with one attached hydrogen (secondary N) is 1. The van der Waals surface area contributed by atoms with Crippen LogP contribution in [-0.4, -0.2) is 26.8 Å². The first-order valence-corrected chi connectivity index (χ1v) is 7.59. The maximum absolute atomic E-state index is 12.3. The topological polar surface area (TPSA) is 67.2 Å². The summed E-state index contributed by atoms with van der Waals surface area (Å²) in [6, 6.07) is 11.1. The van der Waals surface area contributed by atoms with Gasteiger partial charge in [0.1, 0.15) is 5.69 Å². The van der Waals surface area contributed by atoms with Crippen LogP contribution in [0.3, 0.4) is 0 Å². The van der Waals surface area contributed by atoms with Crippen LogP contribution in [0.1, 0.15) is 48.1 Å². The number of aliphatic hydroxyl groups is 1. The minimum absolute atomic E-state index is 0.136. The van der Waals surface area contributed by atoms with Crippen LogP contribution < -0.4 is 5.32 Å². The number of carbonyl (C=O) groups is 1. The van der Waals surface area contributed by atoms with E-state index in [1.807, 2.05) is 51.1 Å². The molecule has 0 radical (unpaired) electrons. The SMILES string of the molecule is CCn1nc(C)cc1C(=O)NC(C)CC(O)c1ccccc1. The van der Waals surface area contributed by atoms with Crippen LogP contribution in [0.2, 0.25) is 0 Å². The van der Waals surface area contributed by atoms with E-state index in [-0.39, 0.29) is 11.9 Å². The number of hydrogen-bond donors (Lipinski definition) is 2. The van der Waals surface area contributed by atoms with E-state index >= 15 is 0 Å². The molecule has 0 saturated carbocycles. The van der Waals surface area contributed by atoms with Crippen molar-refractivity contribution in [2.24, 2.45) is 0 Å². The quantitative estimate of drug-likeness (QED) is 0.861. The molecule has 2 unspecified atom stereocenters. The van der Waals surface area contributed by atoms with Crippen molar-refractivity contribution in [2.75, 3.05) is 0 Å². The van der Waals surface area contributed by atoms with Crippen molar-refractivity contribution in [3.63, 3.8) is 0 Å². The number of aromatic nitrogens is 2. The second-order valence-electron chi connectivity index (χ2n) is 5.52. The van der Waals surface area contributed by atoms with E-state index in [2.05, 4.69) is 10.4 Å². The van der Waals surface area contributed by atoms with Crippen LogP contribution in [0.25, 0.3) is 0 Å². The van der Waals surface area contributed by atoms with Crippen molar-refractivity contribution in [3.8, 4) is 0 Å². The van der Waals surface area contributed by atoms with Gasteiger partial charge in [-0.1, -0.05) is 30.3 Å². The molecular weight excluding hydrogens is 278 g/mol. The fourth-order valence-corrected chi connectivity index (χ4v) is 2.47. The Bertz CT molecular complexity index is 622. The van der Waals surface area contributed by atoms with E-state index in [1.165, 1.54) is 0 Å². The second kappa shape index (κ2) is 7.22. The number of amides is 1. The molecule has 5 heteroatoms. The Morgan fingerprint density at radius 2 is 2.05 bits per heavy atom. The molecule has 2 aromatic rings. The van der Waals surface area contributed by atoms with E-state index in [0.717, 1.165) is 11.3 Å². The van der Waals surface area contributed by atoms with Crippen molar-refractivity contribution in [1.82, 2.24) is 15.1 Å². The van der Waals surface area contributed by atoms with Gasteiger partial charge in [0.25, 0.3) is 5.91 Å². The number of rotatable bonds is 6. The molecule has 1 aromatic carbocycles. The van der Waals surface area contributed by atoms with Crippen molar-refractivity contribution < 1.29 is 9.90 Å². The standard InChI is InChI=1S/C17H23N3O2/c1-4-20-15(10-13(3)19-20)17(22)18-12(2)11-16(21)14-8-6-5-7-9-14/h5-10,12,16,21H,4,11H2,1-3H3,(H,18,22). The summed E-state index contributed by atoms with van der Waals surface area (Å²) in [6.07, 6.45) is -0.121. The van der Waals surface area contributed by atoms with Crippen molar-refractivity contribution in [3.05, 3.63) is 53.3 Å². The molecule has 0 saturated heterocycles. The van der Waals surface area contributed by atoms with Crippen LogP contribution in [0.15, 0.2) is 36.4 Å². The second-order valence-corrected chi connectivity index (χ2v) is 5.52. The summed E-state index contributed by atoms with van der Waals surface area (Å²) in [5.41, 5.74) is 2.24.